The molecule has 0 atom stereocenters. The van der Waals surface area contributed by atoms with Crippen molar-refractivity contribution in [3.63, 3.8) is 0 Å². The Hall–Kier alpha value is -2.94. The van der Waals surface area contributed by atoms with Gasteiger partial charge in [0.1, 0.15) is 0 Å². The first-order valence-electron chi connectivity index (χ1n) is 5.89. The number of hydrogen-bond donors (Lipinski definition) is 3. The molecular weight excluding hydrogens is 280 g/mol. The summed E-state index contributed by atoms with van der Waals surface area (Å²) >= 11 is 0. The summed E-state index contributed by atoms with van der Waals surface area (Å²) in [7, 11) is 4.00. The van der Waals surface area contributed by atoms with Crippen molar-refractivity contribution in [3.05, 3.63) is 41.0 Å². The zero-order valence-electron chi connectivity index (χ0n) is 11.4. The van der Waals surface area contributed by atoms with Crippen LogP contribution in [0.25, 0.3) is 11.5 Å². The molecule has 0 saturated heterocycles. The molecule has 9 nitrogen and oxygen atoms in total. The molecule has 2 aromatic heterocycles. The van der Waals surface area contributed by atoms with E-state index in [-0.39, 0.29) is 11.5 Å². The van der Waals surface area contributed by atoms with E-state index in [9.17, 15) is 19.9 Å². The van der Waals surface area contributed by atoms with Crippen LogP contribution >= 0.6 is 0 Å². The third-order valence-corrected chi connectivity index (χ3v) is 2.18. The first kappa shape index (κ1) is 16.1. The summed E-state index contributed by atoms with van der Waals surface area (Å²) in [5.41, 5.74) is -1.37. The highest BCUT2D eigenvalue weighted by Crippen LogP contribution is 2.14. The van der Waals surface area contributed by atoms with Gasteiger partial charge in [-0.1, -0.05) is 0 Å². The van der Waals surface area contributed by atoms with Crippen LogP contribution in [0.1, 0.15) is 21.0 Å². The molecule has 0 bridgehead atoms. The second-order valence-electron chi connectivity index (χ2n) is 3.89. The number of pyridine rings is 1. The van der Waals surface area contributed by atoms with Gasteiger partial charge in [-0.2, -0.15) is 4.73 Å². The SMILES string of the molecule is C[NH2+]C.O=C(O)c1nc(-c2cccc[n+]2[O-])[nH]c1C(=O)[O-]. The number of nitrogens with two attached hydrogens (primary N) is 1. The minimum Gasteiger partial charge on any atom is -0.618 e. The Morgan fingerprint density at radius 3 is 2.43 bits per heavy atom. The predicted molar refractivity (Wildman–Crippen MR) is 68.0 cm³/mol. The van der Waals surface area contributed by atoms with Gasteiger partial charge in [0.2, 0.25) is 5.82 Å². The minimum absolute atomic E-state index is 0.00694. The number of carbonyl (C=O) groups excluding carboxylic acids is 1. The average Bonchev–Trinajstić information content (AvgIpc) is 2.85. The molecule has 0 aliphatic carbocycles. The van der Waals surface area contributed by atoms with Gasteiger partial charge in [-0.15, -0.1) is 0 Å². The Morgan fingerprint density at radius 1 is 1.38 bits per heavy atom. The van der Waals surface area contributed by atoms with Gasteiger partial charge in [0.05, 0.1) is 25.8 Å². The average molecular weight is 294 g/mol. The normalized spacial score (nSPS) is 9.62. The summed E-state index contributed by atoms with van der Waals surface area (Å²) < 4.78 is 0.434. The van der Waals surface area contributed by atoms with Gasteiger partial charge in [-0.3, -0.25) is 0 Å². The highest BCUT2D eigenvalue weighted by Gasteiger charge is 2.21. The monoisotopic (exact) mass is 294 g/mol. The van der Waals surface area contributed by atoms with Gasteiger partial charge in [0.25, 0.3) is 5.69 Å². The molecule has 0 saturated carbocycles. The number of aromatic amines is 1. The van der Waals surface area contributed by atoms with Crippen molar-refractivity contribution >= 4 is 11.9 Å². The van der Waals surface area contributed by atoms with Crippen molar-refractivity contribution in [2.45, 2.75) is 0 Å². The number of quaternary nitrogens is 1. The van der Waals surface area contributed by atoms with Crippen LogP contribution < -0.4 is 15.2 Å². The molecule has 0 radical (unpaired) electrons. The van der Waals surface area contributed by atoms with Crippen LogP contribution in [0.4, 0.5) is 0 Å². The number of hydrogen-bond acceptors (Lipinski definition) is 5. The Labute approximate surface area is 119 Å². The Morgan fingerprint density at radius 2 is 2.00 bits per heavy atom. The smallest absolute Gasteiger partial charge is 0.356 e. The number of nitrogens with one attached hydrogen (secondary N) is 1. The van der Waals surface area contributed by atoms with Gasteiger partial charge in [0, 0.05) is 12.1 Å². The molecule has 0 unspecified atom stereocenters. The van der Waals surface area contributed by atoms with Gasteiger partial charge in [-0.05, 0) is 6.07 Å². The van der Waals surface area contributed by atoms with E-state index in [2.05, 4.69) is 9.97 Å². The number of carbonyl (C=O) groups is 2. The minimum atomic E-state index is -1.71. The molecule has 9 heteroatoms. The summed E-state index contributed by atoms with van der Waals surface area (Å²) in [6, 6.07) is 4.37. The van der Waals surface area contributed by atoms with E-state index < -0.39 is 23.3 Å². The Balaban J connectivity index is 0.000000677. The molecule has 21 heavy (non-hydrogen) atoms. The van der Waals surface area contributed by atoms with Gasteiger partial charge >= 0.3 is 5.97 Å². The lowest BCUT2D eigenvalue weighted by Crippen LogP contribution is -2.74. The van der Waals surface area contributed by atoms with Crippen LogP contribution in [0.15, 0.2) is 24.4 Å². The van der Waals surface area contributed by atoms with Crippen molar-refractivity contribution in [2.24, 2.45) is 0 Å². The van der Waals surface area contributed by atoms with Crippen LogP contribution in [0.5, 0.6) is 0 Å². The maximum Gasteiger partial charge on any atom is 0.356 e. The zero-order chi connectivity index (χ0) is 16.0. The van der Waals surface area contributed by atoms with E-state index in [1.807, 2.05) is 19.4 Å². The zero-order valence-corrected chi connectivity index (χ0v) is 11.4. The van der Waals surface area contributed by atoms with Crippen LogP contribution in [-0.4, -0.2) is 41.1 Å². The van der Waals surface area contributed by atoms with Gasteiger partial charge in [0.15, 0.2) is 11.9 Å². The first-order chi connectivity index (χ1) is 9.92. The number of nitrogens with zero attached hydrogens (tertiary/aromatic N) is 2. The number of carboxylic acid groups (broad SMARTS) is 2. The van der Waals surface area contributed by atoms with Crippen molar-refractivity contribution in [1.82, 2.24) is 9.97 Å². The number of rotatable bonds is 3. The van der Waals surface area contributed by atoms with Crippen LogP contribution in [0, 0.1) is 5.21 Å². The molecule has 2 heterocycles. The van der Waals surface area contributed by atoms with E-state index in [1.54, 1.807) is 0 Å². The topological polar surface area (TPSA) is 150 Å². The molecule has 2 rings (SSSR count). The third kappa shape index (κ3) is 3.76. The number of imidazole rings is 1. The standard InChI is InChI=1S/C10H7N3O5.C2H7N/c14-9(15)6-7(10(16)17)12-8(11-6)5-3-1-2-4-13(5)18;1-3-2/h1-4H,(H,11,12)(H,14,15)(H,16,17);3H,1-2H3. The molecule has 4 N–H and O–H groups in total. The fraction of sp³-hybridized carbons (Fsp3) is 0.167. The summed E-state index contributed by atoms with van der Waals surface area (Å²) in [6.45, 7) is 0. The molecule has 0 aliphatic rings. The molecule has 112 valence electrons. The maximum atomic E-state index is 11.4. The Kier molecular flexibility index (Phi) is 5.38. The summed E-state index contributed by atoms with van der Waals surface area (Å²) in [4.78, 5) is 27.3. The first-order valence-corrected chi connectivity index (χ1v) is 5.89. The quantitative estimate of drug-likeness (QED) is 0.423. The summed E-state index contributed by atoms with van der Waals surface area (Å²) in [6.07, 6.45) is 1.18. The number of carboxylic acids is 2. The van der Waals surface area contributed by atoms with Crippen molar-refractivity contribution in [3.8, 4) is 11.5 Å². The van der Waals surface area contributed by atoms with Crippen molar-refractivity contribution < 1.29 is 29.8 Å². The fourth-order valence-corrected chi connectivity index (χ4v) is 1.41. The van der Waals surface area contributed by atoms with Crippen LogP contribution in [-0.2, 0) is 0 Å². The van der Waals surface area contributed by atoms with E-state index in [4.69, 9.17) is 5.11 Å². The van der Waals surface area contributed by atoms with Gasteiger partial charge < -0.3 is 30.5 Å². The summed E-state index contributed by atoms with van der Waals surface area (Å²) in [5.74, 6) is -3.38. The lowest BCUT2D eigenvalue weighted by Gasteiger charge is -2.00. The molecule has 0 fully saturated rings. The third-order valence-electron chi connectivity index (χ3n) is 2.18. The van der Waals surface area contributed by atoms with Crippen LogP contribution in [0.2, 0.25) is 0 Å². The number of H-pyrrole nitrogens is 1. The van der Waals surface area contributed by atoms with Crippen molar-refractivity contribution in [2.75, 3.05) is 14.1 Å². The van der Waals surface area contributed by atoms with E-state index in [0.29, 0.717) is 4.73 Å². The predicted octanol–water partition coefficient (Wildman–Crippen LogP) is -2.42. The second-order valence-corrected chi connectivity index (χ2v) is 3.89. The molecule has 0 amide bonds. The largest absolute Gasteiger partial charge is 0.618 e. The molecule has 0 spiro atoms. The molecular formula is C12H14N4O5. The second kappa shape index (κ2) is 7.01. The fourth-order valence-electron chi connectivity index (χ4n) is 1.41. The molecule has 0 aromatic carbocycles. The summed E-state index contributed by atoms with van der Waals surface area (Å²) in [5, 5.41) is 32.9. The van der Waals surface area contributed by atoms with Crippen molar-refractivity contribution in [1.29, 1.82) is 0 Å². The van der Waals surface area contributed by atoms with E-state index in [0.717, 1.165) is 0 Å². The Bertz CT molecular complexity index is 621. The lowest BCUT2D eigenvalue weighted by atomic mass is 10.3. The highest BCUT2D eigenvalue weighted by molar-refractivity contribution is 5.98. The van der Waals surface area contributed by atoms with Gasteiger partial charge in [-0.25, -0.2) is 9.78 Å². The highest BCUT2D eigenvalue weighted by atomic mass is 16.5. The lowest BCUT2D eigenvalue weighted by molar-refractivity contribution is -0.597. The maximum absolute atomic E-state index is 11.4. The molecule has 2 aromatic rings. The number of aromatic carboxylic acids is 2. The van der Waals surface area contributed by atoms with E-state index in [1.165, 1.54) is 24.4 Å². The van der Waals surface area contributed by atoms with E-state index >= 15 is 0 Å². The molecule has 0 aliphatic heterocycles. The number of aromatic nitrogens is 3. The van der Waals surface area contributed by atoms with Crippen LogP contribution in [0.3, 0.4) is 0 Å².